The van der Waals surface area contributed by atoms with Gasteiger partial charge in [0.05, 0.1) is 6.42 Å². The summed E-state index contributed by atoms with van der Waals surface area (Å²) in [6.45, 7) is 2.86. The van der Waals surface area contributed by atoms with E-state index in [0.717, 1.165) is 13.0 Å². The molecule has 0 heterocycles. The summed E-state index contributed by atoms with van der Waals surface area (Å²) in [6, 6.07) is 6.65. The molecule has 0 aliphatic heterocycles. The van der Waals surface area contributed by atoms with E-state index >= 15 is 0 Å². The molecule has 0 spiro atoms. The van der Waals surface area contributed by atoms with Gasteiger partial charge in [-0.3, -0.25) is 14.4 Å². The Morgan fingerprint density at radius 3 is 2.55 bits per heavy atom. The first kappa shape index (κ1) is 17.8. The van der Waals surface area contributed by atoms with Crippen molar-refractivity contribution in [3.05, 3.63) is 29.8 Å². The van der Waals surface area contributed by atoms with E-state index in [1.54, 1.807) is 24.3 Å². The van der Waals surface area contributed by atoms with Crippen LogP contribution in [0.3, 0.4) is 0 Å². The van der Waals surface area contributed by atoms with Gasteiger partial charge in [-0.25, -0.2) is 0 Å². The molecule has 1 aromatic carbocycles. The molecule has 0 atom stereocenters. The number of hydrogen-bond acceptors (Lipinski definition) is 4. The predicted octanol–water partition coefficient (Wildman–Crippen LogP) is 1.29. The minimum Gasteiger partial charge on any atom is -0.352 e. The number of hydrogen-bond donors (Lipinski definition) is 2. The molecule has 0 aliphatic rings. The lowest BCUT2D eigenvalue weighted by Crippen LogP contribution is -2.27. The lowest BCUT2D eigenvalue weighted by Gasteiger charge is -2.10. The maximum atomic E-state index is 12.0. The maximum absolute atomic E-state index is 12.0. The van der Waals surface area contributed by atoms with Crippen LogP contribution in [0.1, 0.15) is 30.1 Å². The molecule has 0 radical (unpaired) electrons. The Labute approximate surface area is 130 Å². The molecule has 2 amide bonds. The Kier molecular flexibility index (Phi) is 7.25. The number of Topliss-reactive ketones (excluding diaryl/α,β-unsaturated/α-hetero) is 1. The molecule has 0 fully saturated rings. The van der Waals surface area contributed by atoms with Gasteiger partial charge < -0.3 is 15.5 Å². The van der Waals surface area contributed by atoms with E-state index in [-0.39, 0.29) is 24.0 Å². The molecule has 2 N–H and O–H groups in total. The SMILES string of the molecule is CC(=O)CC(=O)Nc1cccc(C(=O)NCCCN(C)C)c1. The molecule has 6 nitrogen and oxygen atoms in total. The van der Waals surface area contributed by atoms with Crippen molar-refractivity contribution in [2.45, 2.75) is 19.8 Å². The van der Waals surface area contributed by atoms with Crippen molar-refractivity contribution in [3.8, 4) is 0 Å². The van der Waals surface area contributed by atoms with E-state index in [2.05, 4.69) is 15.5 Å². The number of amides is 2. The minimum atomic E-state index is -0.379. The Bertz CT molecular complexity index is 541. The van der Waals surface area contributed by atoms with Gasteiger partial charge in [-0.05, 0) is 52.2 Å². The van der Waals surface area contributed by atoms with Gasteiger partial charge in [-0.1, -0.05) is 6.07 Å². The van der Waals surface area contributed by atoms with Crippen LogP contribution in [0.2, 0.25) is 0 Å². The highest BCUT2D eigenvalue weighted by atomic mass is 16.2. The van der Waals surface area contributed by atoms with Crippen LogP contribution in [0.15, 0.2) is 24.3 Å². The van der Waals surface area contributed by atoms with Crippen molar-refractivity contribution >= 4 is 23.3 Å². The summed E-state index contributed by atoms with van der Waals surface area (Å²) < 4.78 is 0. The van der Waals surface area contributed by atoms with Crippen LogP contribution >= 0.6 is 0 Å². The van der Waals surface area contributed by atoms with Crippen LogP contribution in [-0.4, -0.2) is 49.7 Å². The van der Waals surface area contributed by atoms with Crippen molar-refractivity contribution in [3.63, 3.8) is 0 Å². The molecule has 0 saturated heterocycles. The van der Waals surface area contributed by atoms with Crippen molar-refractivity contribution in [2.75, 3.05) is 32.5 Å². The zero-order valence-electron chi connectivity index (χ0n) is 13.3. The normalized spacial score (nSPS) is 10.4. The number of benzene rings is 1. The third-order valence-corrected chi connectivity index (χ3v) is 2.89. The number of nitrogens with zero attached hydrogens (tertiary/aromatic N) is 1. The van der Waals surface area contributed by atoms with Gasteiger partial charge >= 0.3 is 0 Å². The topological polar surface area (TPSA) is 78.5 Å². The number of nitrogens with one attached hydrogen (secondary N) is 2. The smallest absolute Gasteiger partial charge is 0.251 e. The second-order valence-corrected chi connectivity index (χ2v) is 5.42. The molecule has 22 heavy (non-hydrogen) atoms. The first-order valence-corrected chi connectivity index (χ1v) is 7.21. The zero-order chi connectivity index (χ0) is 16.5. The van der Waals surface area contributed by atoms with E-state index in [4.69, 9.17) is 0 Å². The summed E-state index contributed by atoms with van der Waals surface area (Å²) in [5.41, 5.74) is 0.984. The molecule has 0 bridgehead atoms. The zero-order valence-corrected chi connectivity index (χ0v) is 13.3. The molecule has 0 unspecified atom stereocenters. The summed E-state index contributed by atoms with van der Waals surface area (Å²) in [5, 5.41) is 5.44. The number of rotatable bonds is 8. The van der Waals surface area contributed by atoms with Crippen molar-refractivity contribution in [2.24, 2.45) is 0 Å². The largest absolute Gasteiger partial charge is 0.352 e. The molecule has 0 aliphatic carbocycles. The minimum absolute atomic E-state index is 0.166. The first-order valence-electron chi connectivity index (χ1n) is 7.21. The predicted molar refractivity (Wildman–Crippen MR) is 85.9 cm³/mol. The summed E-state index contributed by atoms with van der Waals surface area (Å²) in [7, 11) is 3.96. The maximum Gasteiger partial charge on any atom is 0.251 e. The van der Waals surface area contributed by atoms with Crippen molar-refractivity contribution < 1.29 is 14.4 Å². The van der Waals surface area contributed by atoms with Crippen molar-refractivity contribution in [1.82, 2.24) is 10.2 Å². The number of carbonyl (C=O) groups excluding carboxylic acids is 3. The standard InChI is InChI=1S/C16H23N3O3/c1-12(20)10-15(21)18-14-7-4-6-13(11-14)16(22)17-8-5-9-19(2)3/h4,6-7,11H,5,8-10H2,1-3H3,(H,17,22)(H,18,21). The quantitative estimate of drug-likeness (QED) is 0.560. The van der Waals surface area contributed by atoms with Gasteiger partial charge in [-0.2, -0.15) is 0 Å². The highest BCUT2D eigenvalue weighted by Gasteiger charge is 2.09. The molecule has 0 aromatic heterocycles. The number of anilines is 1. The van der Waals surface area contributed by atoms with E-state index in [1.165, 1.54) is 6.92 Å². The highest BCUT2D eigenvalue weighted by molar-refractivity contribution is 6.04. The highest BCUT2D eigenvalue weighted by Crippen LogP contribution is 2.11. The van der Waals surface area contributed by atoms with Gasteiger partial charge in [0.1, 0.15) is 5.78 Å². The summed E-state index contributed by atoms with van der Waals surface area (Å²) in [5.74, 6) is -0.759. The van der Waals surface area contributed by atoms with Crippen LogP contribution in [-0.2, 0) is 9.59 Å². The van der Waals surface area contributed by atoms with E-state index < -0.39 is 0 Å². The molecular formula is C16H23N3O3. The molecule has 6 heteroatoms. The van der Waals surface area contributed by atoms with Crippen LogP contribution in [0.4, 0.5) is 5.69 Å². The van der Waals surface area contributed by atoms with E-state index in [1.807, 2.05) is 14.1 Å². The van der Waals surface area contributed by atoms with E-state index in [9.17, 15) is 14.4 Å². The molecule has 1 aromatic rings. The van der Waals surface area contributed by atoms with Crippen LogP contribution < -0.4 is 10.6 Å². The third-order valence-electron chi connectivity index (χ3n) is 2.89. The molecule has 120 valence electrons. The molecule has 1 rings (SSSR count). The fourth-order valence-electron chi connectivity index (χ4n) is 1.87. The first-order chi connectivity index (χ1) is 10.4. The van der Waals surface area contributed by atoms with Crippen LogP contribution in [0, 0.1) is 0 Å². The number of carbonyl (C=O) groups is 3. The Morgan fingerprint density at radius 1 is 1.18 bits per heavy atom. The summed E-state index contributed by atoms with van der Waals surface area (Å²) >= 11 is 0. The third kappa shape index (κ3) is 6.99. The van der Waals surface area contributed by atoms with Crippen LogP contribution in [0.25, 0.3) is 0 Å². The fraction of sp³-hybridized carbons (Fsp3) is 0.438. The van der Waals surface area contributed by atoms with E-state index in [0.29, 0.717) is 17.8 Å². The van der Waals surface area contributed by atoms with Crippen molar-refractivity contribution in [1.29, 1.82) is 0 Å². The Balaban J connectivity index is 2.54. The summed E-state index contributed by atoms with van der Waals surface area (Å²) in [6.07, 6.45) is 0.703. The van der Waals surface area contributed by atoms with Gasteiger partial charge in [0.25, 0.3) is 5.91 Å². The Hall–Kier alpha value is -2.21. The van der Waals surface area contributed by atoms with Gasteiger partial charge in [0, 0.05) is 17.8 Å². The second kappa shape index (κ2) is 8.94. The molecule has 0 saturated carbocycles. The average Bonchev–Trinajstić information content (AvgIpc) is 2.42. The monoisotopic (exact) mass is 305 g/mol. The second-order valence-electron chi connectivity index (χ2n) is 5.42. The van der Waals surface area contributed by atoms with Gasteiger partial charge in [-0.15, -0.1) is 0 Å². The summed E-state index contributed by atoms with van der Waals surface area (Å²) in [4.78, 5) is 36.5. The van der Waals surface area contributed by atoms with Gasteiger partial charge in [0.2, 0.25) is 5.91 Å². The van der Waals surface area contributed by atoms with Crippen LogP contribution in [0.5, 0.6) is 0 Å². The lowest BCUT2D eigenvalue weighted by molar-refractivity contribution is -0.124. The Morgan fingerprint density at radius 2 is 1.91 bits per heavy atom. The fourth-order valence-corrected chi connectivity index (χ4v) is 1.87. The van der Waals surface area contributed by atoms with Gasteiger partial charge in [0.15, 0.2) is 0 Å². The number of ketones is 1. The lowest BCUT2D eigenvalue weighted by atomic mass is 10.1. The molecular weight excluding hydrogens is 282 g/mol. The average molecular weight is 305 g/mol.